The van der Waals surface area contributed by atoms with Crippen LogP contribution in [0.2, 0.25) is 0 Å². The van der Waals surface area contributed by atoms with Crippen molar-refractivity contribution in [2.24, 2.45) is 5.73 Å². The molecule has 0 aromatic heterocycles. The van der Waals surface area contributed by atoms with Crippen LogP contribution in [-0.2, 0) is 52.5 Å². The highest BCUT2D eigenvalue weighted by molar-refractivity contribution is 5.84. The second-order valence-corrected chi connectivity index (χ2v) is 15.0. The summed E-state index contributed by atoms with van der Waals surface area (Å²) in [6, 6.07) is -2.00. The summed E-state index contributed by atoms with van der Waals surface area (Å²) in [5, 5.41) is 34.8. The summed E-state index contributed by atoms with van der Waals surface area (Å²) >= 11 is 0. The largest absolute Gasteiger partial charge is 0.481 e. The average Bonchev–Trinajstić information content (AvgIpc) is 3.20. The lowest BCUT2D eigenvalue weighted by atomic mass is 10.0. The van der Waals surface area contributed by atoms with Gasteiger partial charge in [-0.05, 0) is 44.9 Å². The van der Waals surface area contributed by atoms with Crippen molar-refractivity contribution in [2.75, 3.05) is 65.9 Å². The van der Waals surface area contributed by atoms with Crippen molar-refractivity contribution in [3.05, 3.63) is 0 Å². The van der Waals surface area contributed by atoms with E-state index in [1.54, 1.807) is 0 Å². The number of rotatable bonds is 45. The van der Waals surface area contributed by atoms with Gasteiger partial charge in [-0.25, -0.2) is 4.79 Å². The van der Waals surface area contributed by atoms with E-state index in [4.69, 9.17) is 34.9 Å². The Morgan fingerprint density at radius 2 is 0.917 bits per heavy atom. The number of nitrogens with one attached hydrogen (secondary N) is 3. The van der Waals surface area contributed by atoms with Crippen LogP contribution in [0.5, 0.6) is 0 Å². The van der Waals surface area contributed by atoms with Crippen LogP contribution < -0.4 is 21.7 Å². The van der Waals surface area contributed by atoms with Crippen LogP contribution in [0.25, 0.3) is 0 Å². The molecule has 0 saturated heterocycles. The number of aliphatic carboxylic acids is 3. The summed E-state index contributed by atoms with van der Waals surface area (Å²) in [4.78, 5) is 81.1. The molecular formula is C42H76N4O14. The number of carboxylic acids is 3. The minimum Gasteiger partial charge on any atom is -0.481 e. The van der Waals surface area contributed by atoms with Gasteiger partial charge in [0.1, 0.15) is 31.1 Å². The van der Waals surface area contributed by atoms with E-state index in [0.29, 0.717) is 45.3 Å². The number of hydrogen-bond acceptors (Lipinski definition) is 12. The van der Waals surface area contributed by atoms with E-state index in [-0.39, 0.29) is 108 Å². The maximum atomic E-state index is 12.3. The van der Waals surface area contributed by atoms with Gasteiger partial charge in [-0.3, -0.25) is 28.8 Å². The molecule has 2 atom stereocenters. The predicted octanol–water partition coefficient (Wildman–Crippen LogP) is 3.89. The standard InChI is InChI=1S/C42H76N4O14/c43-35(41(53)54)19-15-16-24-44-38(49)32-60-31-29-58-27-25-45-39(50)33-59-30-28-57-26-17-18-34(47)22-23-36(42(55)56)46-37(48)20-13-11-9-7-5-3-1-2-4-6-8-10-12-14-21-40(51)52/h35-36H,1-33,43H2,(H,44,49)(H,45,50)(H,46,48)(H,51,52)(H,53,54)(H,55,56)/t35-,36-/m0/s1. The van der Waals surface area contributed by atoms with Gasteiger partial charge < -0.3 is 56.0 Å². The highest BCUT2D eigenvalue weighted by atomic mass is 16.5. The SMILES string of the molecule is N[C@@H](CCCCNC(=O)COCCOCCNC(=O)COCCOCCCC(=O)CC[C@H](NC(=O)CCCCCCCCCCCCCCCCC(=O)O)C(=O)O)C(=O)O. The van der Waals surface area contributed by atoms with E-state index in [1.165, 1.54) is 44.9 Å². The molecule has 0 aliphatic carbocycles. The molecule has 0 aromatic carbocycles. The molecule has 3 amide bonds. The quantitative estimate of drug-likeness (QED) is 0.0428. The number of nitrogens with two attached hydrogens (primary N) is 1. The lowest BCUT2D eigenvalue weighted by molar-refractivity contribution is -0.142. The number of Topliss-reactive ketones (excluding diaryl/α,β-unsaturated/α-hetero) is 1. The van der Waals surface area contributed by atoms with E-state index in [1.807, 2.05) is 0 Å². The number of ether oxygens (including phenoxy) is 4. The predicted molar refractivity (Wildman–Crippen MR) is 223 cm³/mol. The summed E-state index contributed by atoms with van der Waals surface area (Å²) in [5.41, 5.74) is 5.42. The molecule has 8 N–H and O–H groups in total. The van der Waals surface area contributed by atoms with Crippen molar-refractivity contribution in [1.29, 1.82) is 0 Å². The van der Waals surface area contributed by atoms with Crippen molar-refractivity contribution in [2.45, 2.75) is 160 Å². The van der Waals surface area contributed by atoms with Gasteiger partial charge in [0.25, 0.3) is 0 Å². The number of ketones is 1. The Hall–Kier alpha value is -3.71. The van der Waals surface area contributed by atoms with Crippen LogP contribution in [0.15, 0.2) is 0 Å². The first-order chi connectivity index (χ1) is 28.9. The molecule has 0 unspecified atom stereocenters. The van der Waals surface area contributed by atoms with Gasteiger partial charge in [-0.2, -0.15) is 0 Å². The zero-order valence-electron chi connectivity index (χ0n) is 35.9. The first kappa shape index (κ1) is 56.3. The summed E-state index contributed by atoms with van der Waals surface area (Å²) in [5.74, 6) is -3.95. The monoisotopic (exact) mass is 861 g/mol. The minimum atomic E-state index is -1.16. The van der Waals surface area contributed by atoms with E-state index in [2.05, 4.69) is 16.0 Å². The third kappa shape index (κ3) is 39.7. The summed E-state index contributed by atoms with van der Waals surface area (Å²) in [7, 11) is 0. The zero-order valence-corrected chi connectivity index (χ0v) is 35.9. The number of unbranched alkanes of at least 4 members (excludes halogenated alkanes) is 14. The van der Waals surface area contributed by atoms with Crippen LogP contribution in [0.4, 0.5) is 0 Å². The van der Waals surface area contributed by atoms with E-state index >= 15 is 0 Å². The van der Waals surface area contributed by atoms with E-state index in [0.717, 1.165) is 38.5 Å². The molecule has 0 bridgehead atoms. The number of carbonyl (C=O) groups excluding carboxylic acids is 4. The third-order valence-electron chi connectivity index (χ3n) is 9.49. The molecule has 18 heteroatoms. The number of carbonyl (C=O) groups is 7. The molecule has 0 radical (unpaired) electrons. The van der Waals surface area contributed by atoms with Gasteiger partial charge in [0.05, 0.1) is 33.0 Å². The Kier molecular flexibility index (Phi) is 38.2. The fraction of sp³-hybridized carbons (Fsp3) is 0.833. The fourth-order valence-electron chi connectivity index (χ4n) is 5.98. The van der Waals surface area contributed by atoms with Gasteiger partial charge >= 0.3 is 17.9 Å². The molecule has 0 spiro atoms. The van der Waals surface area contributed by atoms with Crippen LogP contribution in [0, 0.1) is 0 Å². The van der Waals surface area contributed by atoms with Crippen LogP contribution in [0.1, 0.15) is 148 Å². The number of carboxylic acid groups (broad SMARTS) is 3. The smallest absolute Gasteiger partial charge is 0.326 e. The fourth-order valence-corrected chi connectivity index (χ4v) is 5.98. The zero-order chi connectivity index (χ0) is 44.5. The molecule has 18 nitrogen and oxygen atoms in total. The van der Waals surface area contributed by atoms with Gasteiger partial charge in [0.2, 0.25) is 17.7 Å². The van der Waals surface area contributed by atoms with Gasteiger partial charge in [-0.15, -0.1) is 0 Å². The molecular weight excluding hydrogens is 784 g/mol. The van der Waals surface area contributed by atoms with Crippen molar-refractivity contribution >= 4 is 41.4 Å². The molecule has 0 aromatic rings. The van der Waals surface area contributed by atoms with E-state index in [9.17, 15) is 38.7 Å². The molecule has 0 aliphatic heterocycles. The Bertz CT molecular complexity index is 1180. The summed E-state index contributed by atoms with van der Waals surface area (Å²) in [6.07, 6.45) is 17.9. The first-order valence-electron chi connectivity index (χ1n) is 22.0. The van der Waals surface area contributed by atoms with Gasteiger partial charge in [0.15, 0.2) is 0 Å². The number of hydrogen-bond donors (Lipinski definition) is 7. The second-order valence-electron chi connectivity index (χ2n) is 15.0. The average molecular weight is 861 g/mol. The van der Waals surface area contributed by atoms with Crippen molar-refractivity contribution in [3.8, 4) is 0 Å². The Morgan fingerprint density at radius 1 is 0.433 bits per heavy atom. The molecule has 0 aliphatic rings. The highest BCUT2D eigenvalue weighted by Gasteiger charge is 2.21. The lowest BCUT2D eigenvalue weighted by Crippen LogP contribution is -2.41. The molecule has 60 heavy (non-hydrogen) atoms. The van der Waals surface area contributed by atoms with Gasteiger partial charge in [0, 0.05) is 45.4 Å². The third-order valence-corrected chi connectivity index (χ3v) is 9.49. The Morgan fingerprint density at radius 3 is 1.43 bits per heavy atom. The highest BCUT2D eigenvalue weighted by Crippen LogP contribution is 2.14. The van der Waals surface area contributed by atoms with Crippen molar-refractivity contribution in [3.63, 3.8) is 0 Å². The Balaban J connectivity index is 3.65. The first-order valence-corrected chi connectivity index (χ1v) is 22.0. The Labute approximate surface area is 356 Å². The van der Waals surface area contributed by atoms with Crippen LogP contribution in [0.3, 0.4) is 0 Å². The van der Waals surface area contributed by atoms with Crippen LogP contribution >= 0.6 is 0 Å². The topological polar surface area (TPSA) is 279 Å². The molecule has 0 rings (SSSR count). The second kappa shape index (κ2) is 40.7. The van der Waals surface area contributed by atoms with Crippen LogP contribution in [-0.4, -0.2) is 135 Å². The van der Waals surface area contributed by atoms with Crippen molar-refractivity contribution < 1.29 is 67.8 Å². The molecule has 0 heterocycles. The maximum absolute atomic E-state index is 12.3. The molecule has 348 valence electrons. The normalized spacial score (nSPS) is 12.1. The van der Waals surface area contributed by atoms with Gasteiger partial charge in [-0.1, -0.05) is 77.0 Å². The lowest BCUT2D eigenvalue weighted by Gasteiger charge is -2.14. The van der Waals surface area contributed by atoms with Crippen molar-refractivity contribution in [1.82, 2.24) is 16.0 Å². The minimum absolute atomic E-state index is 0.0307. The number of amides is 3. The summed E-state index contributed by atoms with van der Waals surface area (Å²) < 4.78 is 21.3. The van der Waals surface area contributed by atoms with E-state index < -0.39 is 30.0 Å². The molecule has 0 saturated carbocycles. The summed E-state index contributed by atoms with van der Waals surface area (Å²) in [6.45, 7) is 1.80. The molecule has 0 fully saturated rings. The maximum Gasteiger partial charge on any atom is 0.326 e.